The van der Waals surface area contributed by atoms with Crippen molar-refractivity contribution < 1.29 is 9.90 Å². The molecule has 0 bridgehead atoms. The standard InChI is InChI=1S/C19H16Cl2N2O2S2/c20-12-4-3-11(9-13(12)21)27-18-16-14(5-6-22-19(16)26)23-7-1-2-10(17(18)23)8-15(24)25/h3-6,9-10H,1-2,7-8H2,(H,22,26)(H,24,25). The average Bonchev–Trinajstić information content (AvgIpc) is 2.94. The van der Waals surface area contributed by atoms with E-state index in [9.17, 15) is 9.90 Å². The quantitative estimate of drug-likeness (QED) is 0.480. The molecular formula is C19H16Cl2N2O2S2. The van der Waals surface area contributed by atoms with Crippen LogP contribution in [-0.2, 0) is 11.3 Å². The first-order chi connectivity index (χ1) is 13.0. The fraction of sp³-hybridized carbons (Fsp3) is 0.263. The van der Waals surface area contributed by atoms with Crippen LogP contribution in [0.4, 0.5) is 0 Å². The van der Waals surface area contributed by atoms with Crippen LogP contribution in [0.1, 0.15) is 30.9 Å². The Bertz CT molecular complexity index is 1050. The highest BCUT2D eigenvalue weighted by Crippen LogP contribution is 2.47. The number of thiol groups is 1. The van der Waals surface area contributed by atoms with Gasteiger partial charge in [0.1, 0.15) is 5.03 Å². The molecular weight excluding hydrogens is 423 g/mol. The smallest absolute Gasteiger partial charge is 0.304 e. The lowest BCUT2D eigenvalue weighted by molar-refractivity contribution is -0.137. The fourth-order valence-electron chi connectivity index (χ4n) is 3.71. The van der Waals surface area contributed by atoms with Crippen molar-refractivity contribution in [2.45, 2.75) is 46.5 Å². The third-order valence-corrected chi connectivity index (χ3v) is 6.99. The Labute approximate surface area is 176 Å². The summed E-state index contributed by atoms with van der Waals surface area (Å²) in [5, 5.41) is 12.0. The second-order valence-electron chi connectivity index (χ2n) is 6.51. The molecule has 1 aromatic carbocycles. The number of carbonyl (C=O) groups is 1. The van der Waals surface area contributed by atoms with Crippen molar-refractivity contribution in [3.05, 3.63) is 46.2 Å². The zero-order valence-corrected chi connectivity index (χ0v) is 17.4. The van der Waals surface area contributed by atoms with Gasteiger partial charge in [0.2, 0.25) is 0 Å². The average molecular weight is 439 g/mol. The molecule has 0 aliphatic carbocycles. The van der Waals surface area contributed by atoms with Crippen LogP contribution in [0.15, 0.2) is 45.3 Å². The predicted molar refractivity (Wildman–Crippen MR) is 112 cm³/mol. The number of carboxylic acid groups (broad SMARTS) is 1. The number of halogens is 2. The van der Waals surface area contributed by atoms with Crippen molar-refractivity contribution >= 4 is 64.5 Å². The van der Waals surface area contributed by atoms with E-state index in [1.54, 1.807) is 24.0 Å². The van der Waals surface area contributed by atoms with Crippen molar-refractivity contribution in [2.24, 2.45) is 0 Å². The van der Waals surface area contributed by atoms with Crippen molar-refractivity contribution in [1.82, 2.24) is 9.55 Å². The van der Waals surface area contributed by atoms with Gasteiger partial charge < -0.3 is 9.67 Å². The second kappa shape index (κ2) is 7.59. The normalized spacial score (nSPS) is 16.5. The highest BCUT2D eigenvalue weighted by atomic mass is 35.5. The van der Waals surface area contributed by atoms with Gasteiger partial charge in [0.05, 0.1) is 22.0 Å². The van der Waals surface area contributed by atoms with E-state index < -0.39 is 5.97 Å². The van der Waals surface area contributed by atoms with Crippen LogP contribution >= 0.6 is 47.6 Å². The number of fused-ring (bicyclic) bond motifs is 3. The molecule has 3 aromatic rings. The third kappa shape index (κ3) is 3.56. The zero-order valence-electron chi connectivity index (χ0n) is 14.2. The van der Waals surface area contributed by atoms with Gasteiger partial charge in [-0.15, -0.1) is 12.6 Å². The van der Waals surface area contributed by atoms with Gasteiger partial charge in [-0.2, -0.15) is 0 Å². The van der Waals surface area contributed by atoms with Crippen LogP contribution < -0.4 is 0 Å². The number of carboxylic acids is 1. The number of hydrogen-bond acceptors (Lipinski definition) is 4. The fourth-order valence-corrected chi connectivity index (χ4v) is 5.68. The molecule has 4 rings (SSSR count). The van der Waals surface area contributed by atoms with Crippen molar-refractivity contribution in [3.63, 3.8) is 0 Å². The summed E-state index contributed by atoms with van der Waals surface area (Å²) in [6.45, 7) is 0.862. The monoisotopic (exact) mass is 438 g/mol. The first-order valence-electron chi connectivity index (χ1n) is 8.50. The van der Waals surface area contributed by atoms with E-state index in [0.717, 1.165) is 45.8 Å². The number of benzene rings is 1. The number of pyridine rings is 1. The summed E-state index contributed by atoms with van der Waals surface area (Å²) < 4.78 is 2.23. The molecule has 3 heterocycles. The molecule has 2 aromatic heterocycles. The summed E-state index contributed by atoms with van der Waals surface area (Å²) in [4.78, 5) is 17.7. The molecule has 1 aliphatic heterocycles. The zero-order chi connectivity index (χ0) is 19.1. The summed E-state index contributed by atoms with van der Waals surface area (Å²) in [5.41, 5.74) is 2.10. The molecule has 27 heavy (non-hydrogen) atoms. The maximum Gasteiger partial charge on any atom is 0.304 e. The molecule has 140 valence electrons. The molecule has 0 saturated carbocycles. The number of hydrogen-bond donors (Lipinski definition) is 2. The van der Waals surface area contributed by atoms with Gasteiger partial charge in [-0.05, 0) is 37.1 Å². The second-order valence-corrected chi connectivity index (χ2v) is 8.83. The van der Waals surface area contributed by atoms with Crippen molar-refractivity contribution in [2.75, 3.05) is 0 Å². The third-order valence-electron chi connectivity index (χ3n) is 4.80. The van der Waals surface area contributed by atoms with Gasteiger partial charge in [0, 0.05) is 39.5 Å². The SMILES string of the molecule is O=C(O)CC1CCCn2c1c(Sc1ccc(Cl)c(Cl)c1)c1c(S)nccc12. The van der Waals surface area contributed by atoms with Crippen LogP contribution in [0.5, 0.6) is 0 Å². The predicted octanol–water partition coefficient (Wildman–Crippen LogP) is 6.14. The van der Waals surface area contributed by atoms with E-state index in [2.05, 4.69) is 22.2 Å². The Balaban J connectivity index is 1.92. The number of rotatable bonds is 4. The van der Waals surface area contributed by atoms with E-state index in [1.807, 2.05) is 18.2 Å². The molecule has 1 atom stereocenters. The number of aliphatic carboxylic acids is 1. The Morgan fingerprint density at radius 2 is 2.15 bits per heavy atom. The topological polar surface area (TPSA) is 55.1 Å². The molecule has 0 fully saturated rings. The maximum absolute atomic E-state index is 11.4. The minimum Gasteiger partial charge on any atom is -0.481 e. The van der Waals surface area contributed by atoms with E-state index in [4.69, 9.17) is 23.2 Å². The lowest BCUT2D eigenvalue weighted by Gasteiger charge is -2.25. The first kappa shape index (κ1) is 19.0. The van der Waals surface area contributed by atoms with Crippen molar-refractivity contribution in [3.8, 4) is 0 Å². The highest BCUT2D eigenvalue weighted by molar-refractivity contribution is 7.99. The lowest BCUT2D eigenvalue weighted by Crippen LogP contribution is -2.18. The van der Waals surface area contributed by atoms with E-state index in [0.29, 0.717) is 15.1 Å². The Morgan fingerprint density at radius 3 is 2.89 bits per heavy atom. The van der Waals surface area contributed by atoms with Gasteiger partial charge in [-0.25, -0.2) is 4.98 Å². The minimum absolute atomic E-state index is 0.0401. The molecule has 0 spiro atoms. The van der Waals surface area contributed by atoms with E-state index >= 15 is 0 Å². The molecule has 4 nitrogen and oxygen atoms in total. The molecule has 8 heteroatoms. The maximum atomic E-state index is 11.4. The van der Waals surface area contributed by atoms with Crippen LogP contribution in [0.3, 0.4) is 0 Å². The van der Waals surface area contributed by atoms with Gasteiger partial charge in [0.25, 0.3) is 0 Å². The largest absolute Gasteiger partial charge is 0.481 e. The minimum atomic E-state index is -0.784. The Morgan fingerprint density at radius 1 is 1.33 bits per heavy atom. The molecule has 0 amide bonds. The first-order valence-corrected chi connectivity index (χ1v) is 10.5. The van der Waals surface area contributed by atoms with E-state index in [-0.39, 0.29) is 12.3 Å². The molecule has 1 aliphatic rings. The summed E-state index contributed by atoms with van der Waals surface area (Å²) in [6, 6.07) is 7.48. The van der Waals surface area contributed by atoms with Crippen LogP contribution in [0, 0.1) is 0 Å². The van der Waals surface area contributed by atoms with Crippen molar-refractivity contribution in [1.29, 1.82) is 0 Å². The Hall–Kier alpha value is -1.34. The van der Waals surface area contributed by atoms with Gasteiger partial charge in [-0.3, -0.25) is 4.79 Å². The summed E-state index contributed by atoms with van der Waals surface area (Å²) in [6.07, 6.45) is 3.66. The molecule has 0 radical (unpaired) electrons. The lowest BCUT2D eigenvalue weighted by atomic mass is 9.93. The van der Waals surface area contributed by atoms with Gasteiger partial charge in [0.15, 0.2) is 0 Å². The van der Waals surface area contributed by atoms with E-state index in [1.165, 1.54) is 0 Å². The van der Waals surface area contributed by atoms with Gasteiger partial charge in [-0.1, -0.05) is 35.0 Å². The summed E-state index contributed by atoms with van der Waals surface area (Å²) in [5.74, 6) is -0.824. The number of nitrogens with zero attached hydrogens (tertiary/aromatic N) is 2. The number of aromatic nitrogens is 2. The summed E-state index contributed by atoms with van der Waals surface area (Å²) in [7, 11) is 0. The van der Waals surface area contributed by atoms with Crippen LogP contribution in [0.2, 0.25) is 10.0 Å². The highest BCUT2D eigenvalue weighted by Gasteiger charge is 2.30. The number of aryl methyl sites for hydroxylation is 1. The van der Waals surface area contributed by atoms with Crippen LogP contribution in [0.25, 0.3) is 10.9 Å². The van der Waals surface area contributed by atoms with Crippen LogP contribution in [-0.4, -0.2) is 20.6 Å². The molecule has 1 N–H and O–H groups in total. The Kier molecular flexibility index (Phi) is 5.34. The summed E-state index contributed by atoms with van der Waals surface area (Å²) >= 11 is 18.4. The molecule has 0 saturated heterocycles. The molecule has 1 unspecified atom stereocenters. The van der Waals surface area contributed by atoms with Gasteiger partial charge >= 0.3 is 5.97 Å².